The second kappa shape index (κ2) is 27.3. The molecule has 100 heavy (non-hydrogen) atoms. The third-order valence-electron chi connectivity index (χ3n) is 21.0. The molecule has 0 saturated carbocycles. The van der Waals surface area contributed by atoms with Gasteiger partial charge in [-0.15, -0.1) is 0 Å². The molecular formula is C75H87ClN16O8. The van der Waals surface area contributed by atoms with Crippen LogP contribution in [0.2, 0.25) is 5.02 Å². The normalized spacial score (nSPS) is 20.2. The number of carbonyl (C=O) groups is 4. The fourth-order valence-electron chi connectivity index (χ4n) is 15.8. The van der Waals surface area contributed by atoms with Crippen molar-refractivity contribution in [3.8, 4) is 11.1 Å². The second-order valence-electron chi connectivity index (χ2n) is 29.5. The minimum absolute atomic E-state index is 0.0591. The maximum Gasteiger partial charge on any atom is 0.276 e. The number of halogens is 1. The van der Waals surface area contributed by atoms with Crippen molar-refractivity contribution in [2.45, 2.75) is 111 Å². The van der Waals surface area contributed by atoms with Crippen molar-refractivity contribution in [3.05, 3.63) is 174 Å². The van der Waals surface area contributed by atoms with E-state index in [1.807, 2.05) is 61.9 Å². The lowest BCUT2D eigenvalue weighted by Crippen LogP contribution is -2.59. The molecule has 4 fully saturated rings. The monoisotopic (exact) mass is 1370 g/mol. The predicted molar refractivity (Wildman–Crippen MR) is 387 cm³/mol. The smallest absolute Gasteiger partial charge is 0.276 e. The molecule has 4 saturated heterocycles. The molecule has 0 bridgehead atoms. The van der Waals surface area contributed by atoms with Crippen LogP contribution in [0.1, 0.15) is 111 Å². The average molecular weight is 1380 g/mol. The fraction of sp³-hybridized carbons (Fsp3) is 0.440. The summed E-state index contributed by atoms with van der Waals surface area (Å²) >= 11 is 6.07. The van der Waals surface area contributed by atoms with Gasteiger partial charge in [0.2, 0.25) is 0 Å². The average Bonchev–Trinajstić information content (AvgIpc) is 1.58. The number of nitrogens with zero attached hydrogens (tertiary/aromatic N) is 14. The number of nitrogens with one attached hydrogen (secondary N) is 2. The van der Waals surface area contributed by atoms with Crippen molar-refractivity contribution >= 4 is 82.0 Å². The van der Waals surface area contributed by atoms with Crippen molar-refractivity contribution in [2.24, 2.45) is 24.9 Å². The third kappa shape index (κ3) is 13.3. The number of aldehydes is 2. The number of hydrogen-bond acceptors (Lipinski definition) is 18. The van der Waals surface area contributed by atoms with Crippen LogP contribution in [0.5, 0.6) is 0 Å². The van der Waals surface area contributed by atoms with E-state index in [-0.39, 0.29) is 39.3 Å². The molecule has 0 aromatic carbocycles. The Kier molecular flexibility index (Phi) is 18.5. The van der Waals surface area contributed by atoms with E-state index >= 15 is 0 Å². The van der Waals surface area contributed by atoms with Crippen molar-refractivity contribution in [1.82, 2.24) is 48.0 Å². The molecule has 0 radical (unpaired) electrons. The molecule has 2 atom stereocenters. The molecule has 8 aromatic heterocycles. The summed E-state index contributed by atoms with van der Waals surface area (Å²) in [5.74, 6) is 1.61. The molecular weight excluding hydrogens is 1290 g/mol. The van der Waals surface area contributed by atoms with E-state index < -0.39 is 0 Å². The number of aryl methyl sites for hydroxylation is 3. The number of piperazine rings is 2. The van der Waals surface area contributed by atoms with Crippen LogP contribution in [0.25, 0.3) is 11.1 Å². The van der Waals surface area contributed by atoms with Gasteiger partial charge in [-0.1, -0.05) is 39.3 Å². The van der Waals surface area contributed by atoms with Gasteiger partial charge >= 0.3 is 0 Å². The quantitative estimate of drug-likeness (QED) is 0.103. The zero-order chi connectivity index (χ0) is 70.1. The first-order valence-electron chi connectivity index (χ1n) is 34.6. The van der Waals surface area contributed by atoms with Crippen LogP contribution in [0.3, 0.4) is 0 Å². The standard InChI is InChI=1S/C37H42N8O4.C20H27N5O2.C18H18ClN3O2/c1-23-18-42(27-21-49-22-27)9-10-43(23)26-5-6-33(39-17-26)40-30-13-25(19-41(4)35(30)47)28-7-8-38-34(29(28)20-46)45-12-11-44-31(36(45)48)14-24-15-37(2,3)16-32(24)44;1-14-8-18(20(26)23(3)10-14)22-19-5-4-16(9-21-19)25-7-6-24(11-15(25)2)17-12-27-13-17;1-18(2)8-11-7-14-17(24)22(6-5-21(14)15(11)9-18)16-12(10-23)13(19)3-4-20-16/h5-8,13-14,17,19-20,23,27H,9-12,15-16,18,21-22H2,1-4H3,(H,39,40);4-5,8-10,15,17H,6-7,11-13H2,1-3H3,(H,21,22);3-4,7,10H,5-6,8-9H2,1-2H3/t23-;15-;/m00./s1. The molecule has 6 aliphatic heterocycles. The number of fused-ring (bicyclic) bond motifs is 6. The van der Waals surface area contributed by atoms with E-state index in [1.54, 1.807) is 59.1 Å². The van der Waals surface area contributed by atoms with Crippen molar-refractivity contribution in [3.63, 3.8) is 0 Å². The van der Waals surface area contributed by atoms with Crippen molar-refractivity contribution in [2.75, 3.05) is 109 Å². The maximum atomic E-state index is 13.8. The summed E-state index contributed by atoms with van der Waals surface area (Å²) in [6.45, 7) is 27.1. The molecule has 2 N–H and O–H groups in total. The van der Waals surface area contributed by atoms with E-state index in [0.29, 0.717) is 124 Å². The topological polar surface area (TPSA) is 236 Å². The first-order chi connectivity index (χ1) is 48.0. The lowest BCUT2D eigenvalue weighted by atomic mass is 9.90. The molecule has 8 aliphatic rings. The first kappa shape index (κ1) is 67.8. The summed E-state index contributed by atoms with van der Waals surface area (Å²) in [4.78, 5) is 107. The Balaban J connectivity index is 0.000000140. The zero-order valence-electron chi connectivity index (χ0n) is 58.3. The van der Waals surface area contributed by atoms with Gasteiger partial charge in [0.05, 0.1) is 78.4 Å². The predicted octanol–water partition coefficient (Wildman–Crippen LogP) is 8.77. The van der Waals surface area contributed by atoms with Crippen LogP contribution in [-0.2, 0) is 62.3 Å². The maximum absolute atomic E-state index is 13.8. The SMILES string of the molecule is CC1(C)Cc2cc3n(c2C1)CCN(c1nccc(Cl)c1C=O)C3=O.C[C@H]1CN(C2COC2)CCN1c1ccc(Nc2cc(-c3ccnc(N4CCn5c(cc6c5CC(C)(C)C6)C4=O)c3C=O)cn(C)c2=O)nc1.Cc1cc(Nc2ccc(N3CCN(C4COC4)C[C@@H]3C)cn2)c(=O)n(C)c1. The van der Waals surface area contributed by atoms with Crippen LogP contribution in [0, 0.1) is 17.8 Å². The molecule has 0 spiro atoms. The van der Waals surface area contributed by atoms with E-state index in [9.17, 15) is 28.8 Å². The minimum atomic E-state index is -0.232. The van der Waals surface area contributed by atoms with Crippen molar-refractivity contribution < 1.29 is 28.7 Å². The van der Waals surface area contributed by atoms with E-state index in [1.165, 1.54) is 33.3 Å². The Bertz CT molecular complexity index is 4610. The number of anilines is 8. The Morgan fingerprint density at radius 1 is 0.550 bits per heavy atom. The Morgan fingerprint density at radius 2 is 1.02 bits per heavy atom. The summed E-state index contributed by atoms with van der Waals surface area (Å²) in [5.41, 5.74) is 12.3. The van der Waals surface area contributed by atoms with Crippen LogP contribution >= 0.6 is 11.6 Å². The summed E-state index contributed by atoms with van der Waals surface area (Å²) in [7, 11) is 3.43. The molecule has 16 rings (SSSR count). The van der Waals surface area contributed by atoms with E-state index in [4.69, 9.17) is 21.1 Å². The molecule has 2 amide bonds. The number of hydrogen-bond donors (Lipinski definition) is 2. The summed E-state index contributed by atoms with van der Waals surface area (Å²) in [6, 6.07) is 20.7. The van der Waals surface area contributed by atoms with Crippen LogP contribution in [0.15, 0.2) is 107 Å². The number of amides is 2. The third-order valence-corrected chi connectivity index (χ3v) is 21.3. The zero-order valence-corrected chi connectivity index (χ0v) is 59.1. The van der Waals surface area contributed by atoms with Crippen LogP contribution in [0.4, 0.5) is 46.0 Å². The Labute approximate surface area is 586 Å². The Morgan fingerprint density at radius 3 is 1.47 bits per heavy atom. The van der Waals surface area contributed by atoms with Gasteiger partial charge in [0.25, 0.3) is 22.9 Å². The summed E-state index contributed by atoms with van der Waals surface area (Å²) in [5, 5.41) is 6.66. The second-order valence-corrected chi connectivity index (χ2v) is 29.9. The minimum Gasteiger partial charge on any atom is -0.378 e. The summed E-state index contributed by atoms with van der Waals surface area (Å²) in [6.07, 6.45) is 15.7. The van der Waals surface area contributed by atoms with E-state index in [2.05, 4.69) is 107 Å². The van der Waals surface area contributed by atoms with Gasteiger partial charge in [-0.25, -0.2) is 19.9 Å². The van der Waals surface area contributed by atoms with Gasteiger partial charge in [0, 0.05) is 133 Å². The number of carbonyl (C=O) groups excluding carboxylic acids is 4. The van der Waals surface area contributed by atoms with Gasteiger partial charge in [-0.2, -0.15) is 0 Å². The molecule has 0 unspecified atom stereocenters. The highest BCUT2D eigenvalue weighted by Gasteiger charge is 2.41. The molecule has 14 heterocycles. The number of ether oxygens (including phenoxy) is 2. The van der Waals surface area contributed by atoms with Gasteiger partial charge in [-0.3, -0.25) is 48.4 Å². The highest BCUT2D eigenvalue weighted by atomic mass is 35.5. The lowest BCUT2D eigenvalue weighted by molar-refractivity contribution is -0.0691. The van der Waals surface area contributed by atoms with Gasteiger partial charge in [0.1, 0.15) is 46.0 Å². The molecule has 2 aliphatic carbocycles. The molecule has 522 valence electrons. The largest absolute Gasteiger partial charge is 0.378 e. The fourth-order valence-corrected chi connectivity index (χ4v) is 15.9. The number of rotatable bonds is 13. The van der Waals surface area contributed by atoms with Gasteiger partial charge in [-0.05, 0) is 140 Å². The summed E-state index contributed by atoms with van der Waals surface area (Å²) < 4.78 is 18.1. The highest BCUT2D eigenvalue weighted by molar-refractivity contribution is 6.33. The van der Waals surface area contributed by atoms with Gasteiger partial charge in [0.15, 0.2) is 12.6 Å². The molecule has 8 aromatic rings. The number of pyridine rings is 6. The molecule has 25 heteroatoms. The van der Waals surface area contributed by atoms with Crippen LogP contribution < -0.4 is 41.4 Å². The van der Waals surface area contributed by atoms with Crippen LogP contribution in [-0.4, -0.2) is 175 Å². The first-order valence-corrected chi connectivity index (χ1v) is 35.0. The van der Waals surface area contributed by atoms with Crippen molar-refractivity contribution in [1.29, 1.82) is 0 Å². The molecule has 24 nitrogen and oxygen atoms in total. The Hall–Kier alpha value is -9.33. The van der Waals surface area contributed by atoms with Gasteiger partial charge < -0.3 is 48.2 Å². The highest BCUT2D eigenvalue weighted by Crippen LogP contribution is 2.42. The van der Waals surface area contributed by atoms with E-state index in [0.717, 1.165) is 115 Å². The lowest BCUT2D eigenvalue weighted by Gasteiger charge is -2.46. The number of aromatic nitrogens is 8.